The molecule has 2 unspecified atom stereocenters. The van der Waals surface area contributed by atoms with Crippen molar-refractivity contribution in [1.29, 1.82) is 0 Å². The topological polar surface area (TPSA) is 99.2 Å². The average molecular weight is 536 g/mol. The van der Waals surface area contributed by atoms with Crippen LogP contribution in [0.1, 0.15) is 27.1 Å². The number of pyridine rings is 1. The number of benzene rings is 2. The van der Waals surface area contributed by atoms with Crippen LogP contribution in [0.2, 0.25) is 5.02 Å². The summed E-state index contributed by atoms with van der Waals surface area (Å²) >= 11 is 7.78. The van der Waals surface area contributed by atoms with Gasteiger partial charge in [0.05, 0.1) is 17.1 Å². The maximum Gasteiger partial charge on any atom is 0.255 e. The number of H-pyrrole nitrogens is 1. The zero-order chi connectivity index (χ0) is 25.9. The van der Waals surface area contributed by atoms with Gasteiger partial charge < -0.3 is 15.6 Å². The third-order valence-electron chi connectivity index (χ3n) is 6.59. The lowest BCUT2D eigenvalue weighted by atomic mass is 9.99. The van der Waals surface area contributed by atoms with Crippen molar-refractivity contribution in [1.82, 2.24) is 24.5 Å². The SMILES string of the molecule is CSN1CCC(NC(=O)c2ccc(-n3ccccc3=O)cc2)C(NC(=O)c2ccc3c(Cl)c[nH]c3c2)C1. The van der Waals surface area contributed by atoms with Crippen molar-refractivity contribution < 1.29 is 9.59 Å². The van der Waals surface area contributed by atoms with Gasteiger partial charge >= 0.3 is 0 Å². The standard InChI is InChI=1S/C27H26ClN5O3S/c1-37-32-13-11-22(24(16-32)31-27(36)18-7-10-20-21(28)15-29-23(20)14-18)30-26(35)17-5-8-19(9-6-17)33-12-3-2-4-25(33)34/h2-10,12,14-15,22,24,29H,11,13,16H2,1H3,(H,30,35)(H,31,36). The van der Waals surface area contributed by atoms with E-state index in [0.29, 0.717) is 34.8 Å². The fraction of sp³-hybridized carbons (Fsp3) is 0.222. The van der Waals surface area contributed by atoms with Gasteiger partial charge in [0.15, 0.2) is 0 Å². The number of carbonyl (C=O) groups excluding carboxylic acids is 2. The number of nitrogens with zero attached hydrogens (tertiary/aromatic N) is 2. The van der Waals surface area contributed by atoms with Crippen LogP contribution in [0, 0.1) is 0 Å². The Morgan fingerprint density at radius 3 is 2.49 bits per heavy atom. The van der Waals surface area contributed by atoms with Crippen LogP contribution in [0.3, 0.4) is 0 Å². The lowest BCUT2D eigenvalue weighted by Crippen LogP contribution is -2.59. The van der Waals surface area contributed by atoms with E-state index in [1.807, 2.05) is 12.3 Å². The summed E-state index contributed by atoms with van der Waals surface area (Å²) in [6.45, 7) is 1.39. The van der Waals surface area contributed by atoms with E-state index in [1.165, 1.54) is 10.6 Å². The minimum Gasteiger partial charge on any atom is -0.360 e. The number of hydrogen-bond acceptors (Lipinski definition) is 5. The minimum absolute atomic E-state index is 0.141. The molecule has 190 valence electrons. The Morgan fingerprint density at radius 1 is 1.00 bits per heavy atom. The summed E-state index contributed by atoms with van der Waals surface area (Å²) in [5.41, 5.74) is 2.33. The molecule has 0 saturated carbocycles. The van der Waals surface area contributed by atoms with E-state index in [4.69, 9.17) is 11.6 Å². The number of carbonyl (C=O) groups is 2. The fourth-order valence-electron chi connectivity index (χ4n) is 4.56. The Labute approximate surface area is 223 Å². The van der Waals surface area contributed by atoms with Gasteiger partial charge in [-0.15, -0.1) is 0 Å². The molecule has 8 nitrogen and oxygen atoms in total. The molecule has 0 radical (unpaired) electrons. The van der Waals surface area contributed by atoms with E-state index in [0.717, 1.165) is 17.4 Å². The summed E-state index contributed by atoms with van der Waals surface area (Å²) in [6.07, 6.45) is 6.08. The van der Waals surface area contributed by atoms with E-state index in [1.54, 1.807) is 72.9 Å². The van der Waals surface area contributed by atoms with Gasteiger partial charge in [-0.2, -0.15) is 0 Å². The number of hydrogen-bond donors (Lipinski definition) is 3. The molecule has 3 N–H and O–H groups in total. The van der Waals surface area contributed by atoms with E-state index < -0.39 is 0 Å². The molecule has 1 aliphatic heterocycles. The van der Waals surface area contributed by atoms with Gasteiger partial charge in [0.25, 0.3) is 17.4 Å². The number of piperidine rings is 1. The molecule has 2 aromatic heterocycles. The van der Waals surface area contributed by atoms with Crippen molar-refractivity contribution in [2.45, 2.75) is 18.5 Å². The Bertz CT molecular complexity index is 1500. The second-order valence-corrected chi connectivity index (χ2v) is 10.2. The van der Waals surface area contributed by atoms with E-state index >= 15 is 0 Å². The first-order chi connectivity index (χ1) is 17.9. The molecule has 3 heterocycles. The van der Waals surface area contributed by atoms with Gasteiger partial charge in [-0.25, -0.2) is 4.31 Å². The number of rotatable bonds is 6. The van der Waals surface area contributed by atoms with E-state index in [-0.39, 0.29) is 29.5 Å². The fourth-order valence-corrected chi connectivity index (χ4v) is 5.37. The first kappa shape index (κ1) is 25.1. The van der Waals surface area contributed by atoms with Crippen LogP contribution in [-0.2, 0) is 0 Å². The van der Waals surface area contributed by atoms with Crippen LogP contribution in [-0.4, -0.2) is 57.1 Å². The minimum atomic E-state index is -0.275. The third-order valence-corrected chi connectivity index (χ3v) is 7.75. The van der Waals surface area contributed by atoms with Crippen LogP contribution in [0.5, 0.6) is 0 Å². The summed E-state index contributed by atoms with van der Waals surface area (Å²) in [6, 6.07) is 16.7. The van der Waals surface area contributed by atoms with Crippen LogP contribution in [0.25, 0.3) is 16.6 Å². The molecule has 4 aromatic rings. The Kier molecular flexibility index (Phi) is 7.36. The number of fused-ring (bicyclic) bond motifs is 1. The van der Waals surface area contributed by atoms with Gasteiger partial charge in [0.2, 0.25) is 0 Å². The highest BCUT2D eigenvalue weighted by Crippen LogP contribution is 2.24. The zero-order valence-corrected chi connectivity index (χ0v) is 21.7. The Morgan fingerprint density at radius 2 is 1.73 bits per heavy atom. The lowest BCUT2D eigenvalue weighted by molar-refractivity contribution is 0.0852. The van der Waals surface area contributed by atoms with Crippen molar-refractivity contribution in [2.24, 2.45) is 0 Å². The molecule has 10 heteroatoms. The molecule has 2 atom stereocenters. The monoisotopic (exact) mass is 535 g/mol. The number of nitrogens with one attached hydrogen (secondary N) is 3. The summed E-state index contributed by atoms with van der Waals surface area (Å²) in [7, 11) is 0. The van der Waals surface area contributed by atoms with Crippen molar-refractivity contribution in [3.05, 3.63) is 99.6 Å². The molecule has 1 saturated heterocycles. The number of aromatic amines is 1. The first-order valence-electron chi connectivity index (χ1n) is 11.9. The maximum atomic E-state index is 13.1. The van der Waals surface area contributed by atoms with Gasteiger partial charge in [0.1, 0.15) is 0 Å². The molecule has 1 aliphatic rings. The molecular weight excluding hydrogens is 510 g/mol. The summed E-state index contributed by atoms with van der Waals surface area (Å²) < 4.78 is 3.69. The summed E-state index contributed by atoms with van der Waals surface area (Å²) in [4.78, 5) is 41.4. The van der Waals surface area contributed by atoms with Crippen LogP contribution < -0.4 is 16.2 Å². The van der Waals surface area contributed by atoms with Gasteiger partial charge in [-0.3, -0.25) is 19.0 Å². The zero-order valence-electron chi connectivity index (χ0n) is 20.1. The van der Waals surface area contributed by atoms with Gasteiger partial charge in [0, 0.05) is 59.3 Å². The highest BCUT2D eigenvalue weighted by atomic mass is 35.5. The van der Waals surface area contributed by atoms with E-state index in [2.05, 4.69) is 19.9 Å². The second-order valence-electron chi connectivity index (χ2n) is 8.87. The van der Waals surface area contributed by atoms with Crippen molar-refractivity contribution in [3.63, 3.8) is 0 Å². The first-order valence-corrected chi connectivity index (χ1v) is 13.4. The normalized spacial score (nSPS) is 18.0. The van der Waals surface area contributed by atoms with Crippen molar-refractivity contribution >= 4 is 46.3 Å². The van der Waals surface area contributed by atoms with Crippen LogP contribution in [0.4, 0.5) is 0 Å². The number of amides is 2. The largest absolute Gasteiger partial charge is 0.360 e. The van der Waals surface area contributed by atoms with Crippen molar-refractivity contribution in [3.8, 4) is 5.69 Å². The molecule has 0 aliphatic carbocycles. The van der Waals surface area contributed by atoms with Crippen LogP contribution in [0.15, 0.2) is 77.9 Å². The summed E-state index contributed by atoms with van der Waals surface area (Å²) in [5, 5.41) is 7.70. The lowest BCUT2D eigenvalue weighted by Gasteiger charge is -2.38. The molecule has 1 fully saturated rings. The number of halogens is 1. The van der Waals surface area contributed by atoms with Crippen LogP contribution >= 0.6 is 23.5 Å². The molecule has 37 heavy (non-hydrogen) atoms. The molecule has 2 amide bonds. The highest BCUT2D eigenvalue weighted by molar-refractivity contribution is 7.96. The molecule has 2 aromatic carbocycles. The third kappa shape index (κ3) is 5.44. The van der Waals surface area contributed by atoms with Gasteiger partial charge in [-0.05, 0) is 55.1 Å². The molecule has 0 bridgehead atoms. The predicted molar refractivity (Wildman–Crippen MR) is 148 cm³/mol. The van der Waals surface area contributed by atoms with Crippen molar-refractivity contribution in [2.75, 3.05) is 19.3 Å². The average Bonchev–Trinajstić information content (AvgIpc) is 3.29. The quantitative estimate of drug-likeness (QED) is 0.326. The Balaban J connectivity index is 1.30. The molecule has 0 spiro atoms. The maximum absolute atomic E-state index is 13.1. The number of aromatic nitrogens is 2. The summed E-state index contributed by atoms with van der Waals surface area (Å²) in [5.74, 6) is -0.436. The van der Waals surface area contributed by atoms with E-state index in [9.17, 15) is 14.4 Å². The second kappa shape index (κ2) is 10.8. The molecule has 5 rings (SSSR count). The smallest absolute Gasteiger partial charge is 0.255 e. The molecular formula is C27H26ClN5O3S. The highest BCUT2D eigenvalue weighted by Gasteiger charge is 2.32. The Hall–Kier alpha value is -3.53. The van der Waals surface area contributed by atoms with Gasteiger partial charge in [-0.1, -0.05) is 35.7 Å². The predicted octanol–water partition coefficient (Wildman–Crippen LogP) is 3.85.